The second-order valence-corrected chi connectivity index (χ2v) is 9.39. The number of rotatable bonds is 5. The fourth-order valence-electron chi connectivity index (χ4n) is 3.36. The Morgan fingerprint density at radius 1 is 1.07 bits per heavy atom. The summed E-state index contributed by atoms with van der Waals surface area (Å²) in [5, 5.41) is 3.39. The van der Waals surface area contributed by atoms with Crippen LogP contribution in [0.3, 0.4) is 0 Å². The second kappa shape index (κ2) is 9.07. The second-order valence-electron chi connectivity index (χ2n) is 7.07. The zero-order chi connectivity index (χ0) is 20.1. The molecule has 0 radical (unpaired) electrons. The molecule has 1 fully saturated rings. The van der Waals surface area contributed by atoms with E-state index < -0.39 is 10.0 Å². The lowest BCUT2D eigenvalue weighted by molar-refractivity contribution is 0.0950. The molecule has 150 valence electrons. The number of amides is 1. The van der Waals surface area contributed by atoms with E-state index in [0.29, 0.717) is 29.2 Å². The highest BCUT2D eigenvalue weighted by molar-refractivity contribution is 7.89. The topological polar surface area (TPSA) is 66.5 Å². The molecule has 1 aliphatic heterocycles. The van der Waals surface area contributed by atoms with Crippen LogP contribution in [0, 0.1) is 6.92 Å². The molecule has 3 rings (SSSR count). The van der Waals surface area contributed by atoms with E-state index >= 15 is 0 Å². The van der Waals surface area contributed by atoms with Gasteiger partial charge in [0.05, 0.1) is 4.90 Å². The largest absolute Gasteiger partial charge is 0.348 e. The molecule has 0 spiro atoms. The molecular formula is C21H25ClN2O3S. The summed E-state index contributed by atoms with van der Waals surface area (Å²) in [4.78, 5) is 12.8. The van der Waals surface area contributed by atoms with Gasteiger partial charge in [-0.15, -0.1) is 0 Å². The van der Waals surface area contributed by atoms with Crippen LogP contribution in [-0.4, -0.2) is 31.7 Å². The van der Waals surface area contributed by atoms with Crippen LogP contribution in [0.25, 0.3) is 0 Å². The molecule has 0 unspecified atom stereocenters. The van der Waals surface area contributed by atoms with Gasteiger partial charge in [-0.3, -0.25) is 4.79 Å². The highest BCUT2D eigenvalue weighted by Crippen LogP contribution is 2.24. The minimum Gasteiger partial charge on any atom is -0.348 e. The van der Waals surface area contributed by atoms with Crippen molar-refractivity contribution in [1.29, 1.82) is 0 Å². The van der Waals surface area contributed by atoms with Gasteiger partial charge in [0.25, 0.3) is 5.91 Å². The molecule has 1 saturated heterocycles. The Balaban J connectivity index is 1.80. The number of halogens is 1. The third-order valence-corrected chi connectivity index (χ3v) is 7.44. The van der Waals surface area contributed by atoms with E-state index in [2.05, 4.69) is 5.32 Å². The van der Waals surface area contributed by atoms with E-state index in [-0.39, 0.29) is 17.3 Å². The first-order valence-corrected chi connectivity index (χ1v) is 11.3. The predicted octanol–water partition coefficient (Wildman–Crippen LogP) is 4.14. The highest BCUT2D eigenvalue weighted by atomic mass is 35.5. The van der Waals surface area contributed by atoms with Crippen molar-refractivity contribution in [3.8, 4) is 0 Å². The standard InChI is InChI=1S/C21H25ClN2O3S/c1-16-10-11-17(21(25)23-15-18-8-4-5-9-19(18)22)14-20(16)28(26,27)24-12-6-2-3-7-13-24/h4-5,8-11,14H,2-3,6-7,12-13,15H2,1H3,(H,23,25). The highest BCUT2D eigenvalue weighted by Gasteiger charge is 2.27. The maximum Gasteiger partial charge on any atom is 0.251 e. The average molecular weight is 421 g/mol. The lowest BCUT2D eigenvalue weighted by Crippen LogP contribution is -2.32. The lowest BCUT2D eigenvalue weighted by Gasteiger charge is -2.21. The smallest absolute Gasteiger partial charge is 0.251 e. The molecule has 0 atom stereocenters. The number of nitrogens with one attached hydrogen (secondary N) is 1. The quantitative estimate of drug-likeness (QED) is 0.790. The van der Waals surface area contributed by atoms with Crippen molar-refractivity contribution in [2.24, 2.45) is 0 Å². The van der Waals surface area contributed by atoms with E-state index in [1.165, 1.54) is 6.07 Å². The zero-order valence-corrected chi connectivity index (χ0v) is 17.5. The van der Waals surface area contributed by atoms with Crippen molar-refractivity contribution < 1.29 is 13.2 Å². The van der Waals surface area contributed by atoms with Gasteiger partial charge in [-0.05, 0) is 49.1 Å². The van der Waals surface area contributed by atoms with Crippen molar-refractivity contribution in [2.75, 3.05) is 13.1 Å². The molecule has 7 heteroatoms. The van der Waals surface area contributed by atoms with Crippen LogP contribution in [0.5, 0.6) is 0 Å². The zero-order valence-electron chi connectivity index (χ0n) is 15.9. The monoisotopic (exact) mass is 420 g/mol. The number of sulfonamides is 1. The van der Waals surface area contributed by atoms with Crippen molar-refractivity contribution in [3.05, 3.63) is 64.2 Å². The van der Waals surface area contributed by atoms with E-state index in [0.717, 1.165) is 31.2 Å². The van der Waals surface area contributed by atoms with Gasteiger partial charge in [-0.25, -0.2) is 8.42 Å². The van der Waals surface area contributed by atoms with Crippen molar-refractivity contribution in [3.63, 3.8) is 0 Å². The molecule has 1 heterocycles. The summed E-state index contributed by atoms with van der Waals surface area (Å²) in [6, 6.07) is 12.1. The van der Waals surface area contributed by atoms with Gasteiger partial charge >= 0.3 is 0 Å². The Bertz CT molecular complexity index is 952. The van der Waals surface area contributed by atoms with Gasteiger partial charge < -0.3 is 5.32 Å². The molecule has 1 N–H and O–H groups in total. The SMILES string of the molecule is Cc1ccc(C(=O)NCc2ccccc2Cl)cc1S(=O)(=O)N1CCCCCC1. The molecular weight excluding hydrogens is 396 g/mol. The summed E-state index contributed by atoms with van der Waals surface area (Å²) in [6.07, 6.45) is 3.84. The fraction of sp³-hybridized carbons (Fsp3) is 0.381. The number of hydrogen-bond donors (Lipinski definition) is 1. The molecule has 28 heavy (non-hydrogen) atoms. The van der Waals surface area contributed by atoms with Gasteiger partial charge in [0, 0.05) is 30.2 Å². The first kappa shape index (κ1) is 20.8. The number of hydrogen-bond acceptors (Lipinski definition) is 3. The van der Waals surface area contributed by atoms with Crippen LogP contribution >= 0.6 is 11.6 Å². The Kier molecular flexibility index (Phi) is 6.75. The van der Waals surface area contributed by atoms with Gasteiger partial charge in [0.15, 0.2) is 0 Å². The van der Waals surface area contributed by atoms with E-state index in [1.54, 1.807) is 29.4 Å². The number of carbonyl (C=O) groups excluding carboxylic acids is 1. The van der Waals surface area contributed by atoms with Gasteiger partial charge in [0.1, 0.15) is 0 Å². The van der Waals surface area contributed by atoms with E-state index in [9.17, 15) is 13.2 Å². The minimum absolute atomic E-state index is 0.208. The number of carbonyl (C=O) groups is 1. The van der Waals surface area contributed by atoms with Crippen LogP contribution in [0.2, 0.25) is 5.02 Å². The maximum atomic E-state index is 13.1. The Labute approximate surface area is 171 Å². The van der Waals surface area contributed by atoms with Gasteiger partial charge in [-0.1, -0.05) is 48.7 Å². The Morgan fingerprint density at radius 2 is 1.75 bits per heavy atom. The first-order chi connectivity index (χ1) is 13.4. The van der Waals surface area contributed by atoms with Gasteiger partial charge in [0.2, 0.25) is 10.0 Å². The number of nitrogens with zero attached hydrogens (tertiary/aromatic N) is 1. The normalized spacial score (nSPS) is 15.8. The number of aryl methyl sites for hydroxylation is 1. The van der Waals surface area contributed by atoms with Crippen LogP contribution in [-0.2, 0) is 16.6 Å². The summed E-state index contributed by atoms with van der Waals surface area (Å²) in [5.74, 6) is -0.327. The van der Waals surface area contributed by atoms with E-state index in [1.807, 2.05) is 18.2 Å². The molecule has 0 bridgehead atoms. The lowest BCUT2D eigenvalue weighted by atomic mass is 10.1. The van der Waals surface area contributed by atoms with Crippen molar-refractivity contribution >= 4 is 27.5 Å². The summed E-state index contributed by atoms with van der Waals surface area (Å²) in [7, 11) is -3.61. The average Bonchev–Trinajstić information content (AvgIpc) is 2.97. The fourth-order valence-corrected chi connectivity index (χ4v) is 5.33. The predicted molar refractivity (Wildman–Crippen MR) is 111 cm³/mol. The third kappa shape index (κ3) is 4.74. The van der Waals surface area contributed by atoms with Gasteiger partial charge in [-0.2, -0.15) is 4.31 Å². The van der Waals surface area contributed by atoms with Crippen LogP contribution in [0.15, 0.2) is 47.4 Å². The Morgan fingerprint density at radius 3 is 2.43 bits per heavy atom. The summed E-state index contributed by atoms with van der Waals surface area (Å²) < 4.78 is 27.8. The molecule has 5 nitrogen and oxygen atoms in total. The molecule has 1 amide bonds. The maximum absolute atomic E-state index is 13.1. The van der Waals surface area contributed by atoms with Crippen molar-refractivity contribution in [1.82, 2.24) is 9.62 Å². The minimum atomic E-state index is -3.61. The Hall–Kier alpha value is -1.89. The third-order valence-electron chi connectivity index (χ3n) is 5.03. The number of benzene rings is 2. The first-order valence-electron chi connectivity index (χ1n) is 9.52. The summed E-state index contributed by atoms with van der Waals surface area (Å²) >= 11 is 6.12. The molecule has 2 aromatic rings. The molecule has 0 aromatic heterocycles. The van der Waals surface area contributed by atoms with Crippen LogP contribution in [0.4, 0.5) is 0 Å². The molecule has 1 aliphatic rings. The van der Waals surface area contributed by atoms with Crippen LogP contribution in [0.1, 0.15) is 47.2 Å². The summed E-state index contributed by atoms with van der Waals surface area (Å²) in [5.41, 5.74) is 1.78. The van der Waals surface area contributed by atoms with Crippen LogP contribution < -0.4 is 5.32 Å². The molecule has 0 saturated carbocycles. The van der Waals surface area contributed by atoms with E-state index in [4.69, 9.17) is 11.6 Å². The summed E-state index contributed by atoms with van der Waals surface area (Å²) in [6.45, 7) is 3.10. The molecule has 2 aromatic carbocycles. The molecule has 0 aliphatic carbocycles. The van der Waals surface area contributed by atoms with Crippen molar-refractivity contribution in [2.45, 2.75) is 44.0 Å².